The van der Waals surface area contributed by atoms with Crippen molar-refractivity contribution in [2.45, 2.75) is 19.9 Å². The Hall–Kier alpha value is -2.16. The highest BCUT2D eigenvalue weighted by Gasteiger charge is 2.04. The molecule has 7 heteroatoms. The highest BCUT2D eigenvalue weighted by atomic mass is 127. The van der Waals surface area contributed by atoms with Crippen LogP contribution in [0.2, 0.25) is 0 Å². The Bertz CT molecular complexity index is 696. The lowest BCUT2D eigenvalue weighted by molar-refractivity contribution is 0.311. The van der Waals surface area contributed by atoms with Gasteiger partial charge < -0.3 is 25.2 Å². The molecule has 0 aliphatic carbocycles. The molecule has 3 N–H and O–H groups in total. The van der Waals surface area contributed by atoms with Crippen LogP contribution in [0.25, 0.3) is 0 Å². The largest absolute Gasteiger partial charge is 0.508 e. The highest BCUT2D eigenvalue weighted by molar-refractivity contribution is 14.0. The summed E-state index contributed by atoms with van der Waals surface area (Å²) in [5.41, 5.74) is 0.717. The van der Waals surface area contributed by atoms with E-state index in [2.05, 4.69) is 15.6 Å². The smallest absolute Gasteiger partial charge is 0.191 e. The van der Waals surface area contributed by atoms with Crippen LogP contribution in [0.3, 0.4) is 0 Å². The van der Waals surface area contributed by atoms with Crippen LogP contribution in [0, 0.1) is 0 Å². The molecule has 0 aliphatic heterocycles. The van der Waals surface area contributed by atoms with Gasteiger partial charge in [0, 0.05) is 18.7 Å². The molecule has 2 rings (SSSR count). The maximum atomic E-state index is 9.95. The average Bonchev–Trinajstić information content (AvgIpc) is 2.67. The Morgan fingerprint density at radius 2 is 1.85 bits per heavy atom. The minimum Gasteiger partial charge on any atom is -0.508 e. The molecule has 2 aromatic carbocycles. The van der Waals surface area contributed by atoms with Crippen LogP contribution in [0.5, 0.6) is 17.2 Å². The quantitative estimate of drug-likeness (QED) is 0.219. The lowest BCUT2D eigenvalue weighted by Gasteiger charge is -2.12. The SMILES string of the molecule is CCNC(=NCc1cc(OC)ccc1O)NCCCOc1ccccc1.I. The third kappa shape index (κ3) is 8.38. The molecule has 27 heavy (non-hydrogen) atoms. The molecule has 0 atom stereocenters. The molecule has 0 bridgehead atoms. The van der Waals surface area contributed by atoms with Crippen LogP contribution in [0.1, 0.15) is 18.9 Å². The van der Waals surface area contributed by atoms with Crippen molar-refractivity contribution in [2.24, 2.45) is 4.99 Å². The number of aromatic hydroxyl groups is 1. The first-order chi connectivity index (χ1) is 12.7. The number of phenolic OH excluding ortho intramolecular Hbond substituents is 1. The monoisotopic (exact) mass is 485 g/mol. The Labute approximate surface area is 178 Å². The zero-order chi connectivity index (χ0) is 18.6. The van der Waals surface area contributed by atoms with E-state index in [1.807, 2.05) is 37.3 Å². The topological polar surface area (TPSA) is 75.1 Å². The Balaban J connectivity index is 0.00000364. The third-order valence-electron chi connectivity index (χ3n) is 3.66. The van der Waals surface area contributed by atoms with Gasteiger partial charge in [0.15, 0.2) is 5.96 Å². The van der Waals surface area contributed by atoms with E-state index in [1.54, 1.807) is 25.3 Å². The van der Waals surface area contributed by atoms with Gasteiger partial charge in [-0.2, -0.15) is 0 Å². The number of nitrogens with zero attached hydrogens (tertiary/aromatic N) is 1. The fraction of sp³-hybridized carbons (Fsp3) is 0.350. The number of rotatable bonds is 9. The number of guanidine groups is 1. The van der Waals surface area contributed by atoms with Crippen LogP contribution in [0.15, 0.2) is 53.5 Å². The van der Waals surface area contributed by atoms with Crippen molar-refractivity contribution in [1.82, 2.24) is 10.6 Å². The van der Waals surface area contributed by atoms with Crippen molar-refractivity contribution in [1.29, 1.82) is 0 Å². The molecule has 0 spiro atoms. The summed E-state index contributed by atoms with van der Waals surface area (Å²) in [5.74, 6) is 2.49. The van der Waals surface area contributed by atoms with E-state index in [-0.39, 0.29) is 29.7 Å². The molecule has 0 aliphatic rings. The molecule has 0 radical (unpaired) electrons. The fourth-order valence-electron chi connectivity index (χ4n) is 2.31. The van der Waals surface area contributed by atoms with Crippen LogP contribution >= 0.6 is 24.0 Å². The average molecular weight is 485 g/mol. The first-order valence-electron chi connectivity index (χ1n) is 8.79. The van der Waals surface area contributed by atoms with Crippen LogP contribution in [-0.4, -0.2) is 37.9 Å². The number of phenols is 1. The minimum absolute atomic E-state index is 0. The van der Waals surface area contributed by atoms with Gasteiger partial charge in [0.25, 0.3) is 0 Å². The van der Waals surface area contributed by atoms with E-state index in [1.165, 1.54) is 0 Å². The van der Waals surface area contributed by atoms with Gasteiger partial charge in [-0.15, -0.1) is 24.0 Å². The number of ether oxygens (including phenoxy) is 2. The summed E-state index contributed by atoms with van der Waals surface area (Å²) in [5, 5.41) is 16.4. The Morgan fingerprint density at radius 3 is 2.56 bits per heavy atom. The van der Waals surface area contributed by atoms with Gasteiger partial charge in [0.2, 0.25) is 0 Å². The summed E-state index contributed by atoms with van der Waals surface area (Å²) >= 11 is 0. The number of aliphatic imine (C=N–C) groups is 1. The fourth-order valence-corrected chi connectivity index (χ4v) is 2.31. The van der Waals surface area contributed by atoms with E-state index in [4.69, 9.17) is 9.47 Å². The lowest BCUT2D eigenvalue weighted by atomic mass is 10.2. The number of methoxy groups -OCH3 is 1. The zero-order valence-electron chi connectivity index (χ0n) is 15.8. The molecule has 0 saturated heterocycles. The minimum atomic E-state index is 0. The second kappa shape index (κ2) is 13.1. The molecule has 0 fully saturated rings. The molecular weight excluding hydrogens is 457 g/mol. The van der Waals surface area contributed by atoms with Crippen LogP contribution < -0.4 is 20.1 Å². The van der Waals surface area contributed by atoms with Gasteiger partial charge in [0.1, 0.15) is 17.2 Å². The molecule has 0 amide bonds. The van der Waals surface area contributed by atoms with Crippen molar-refractivity contribution >= 4 is 29.9 Å². The second-order valence-electron chi connectivity index (χ2n) is 5.63. The molecule has 148 valence electrons. The van der Waals surface area contributed by atoms with Gasteiger partial charge in [-0.05, 0) is 43.7 Å². The number of hydrogen-bond donors (Lipinski definition) is 3. The first-order valence-corrected chi connectivity index (χ1v) is 8.79. The molecule has 0 aromatic heterocycles. The lowest BCUT2D eigenvalue weighted by Crippen LogP contribution is -2.38. The number of halogens is 1. The molecule has 0 unspecified atom stereocenters. The van der Waals surface area contributed by atoms with E-state index < -0.39 is 0 Å². The summed E-state index contributed by atoms with van der Waals surface area (Å²) < 4.78 is 10.9. The van der Waals surface area contributed by atoms with Gasteiger partial charge in [0.05, 0.1) is 20.3 Å². The van der Waals surface area contributed by atoms with Crippen molar-refractivity contribution in [3.63, 3.8) is 0 Å². The predicted molar refractivity (Wildman–Crippen MR) is 119 cm³/mol. The summed E-state index contributed by atoms with van der Waals surface area (Å²) in [6, 6.07) is 14.9. The van der Waals surface area contributed by atoms with Gasteiger partial charge in [-0.1, -0.05) is 18.2 Å². The van der Waals surface area contributed by atoms with Crippen molar-refractivity contribution in [2.75, 3.05) is 26.8 Å². The predicted octanol–water partition coefficient (Wildman–Crippen LogP) is 3.54. The second-order valence-corrected chi connectivity index (χ2v) is 5.63. The van der Waals surface area contributed by atoms with Crippen LogP contribution in [0.4, 0.5) is 0 Å². The number of benzene rings is 2. The number of nitrogens with one attached hydrogen (secondary N) is 2. The maximum Gasteiger partial charge on any atom is 0.191 e. The molecule has 0 heterocycles. The summed E-state index contributed by atoms with van der Waals surface area (Å²) in [6.45, 7) is 4.50. The van der Waals surface area contributed by atoms with E-state index >= 15 is 0 Å². The molecular formula is C20H28IN3O3. The van der Waals surface area contributed by atoms with Gasteiger partial charge >= 0.3 is 0 Å². The summed E-state index contributed by atoms with van der Waals surface area (Å²) in [4.78, 5) is 4.51. The van der Waals surface area contributed by atoms with Crippen molar-refractivity contribution in [3.8, 4) is 17.2 Å². The Morgan fingerprint density at radius 1 is 1.07 bits per heavy atom. The summed E-state index contributed by atoms with van der Waals surface area (Å²) in [7, 11) is 1.60. The zero-order valence-corrected chi connectivity index (χ0v) is 18.1. The van der Waals surface area contributed by atoms with Gasteiger partial charge in [-0.25, -0.2) is 4.99 Å². The van der Waals surface area contributed by atoms with Crippen LogP contribution in [-0.2, 0) is 6.54 Å². The molecule has 0 saturated carbocycles. The van der Waals surface area contributed by atoms with Gasteiger partial charge in [-0.3, -0.25) is 0 Å². The summed E-state index contributed by atoms with van der Waals surface area (Å²) in [6.07, 6.45) is 0.851. The number of para-hydroxylation sites is 1. The molecule has 2 aromatic rings. The Kier molecular flexibility index (Phi) is 11.1. The normalized spacial score (nSPS) is 10.7. The first kappa shape index (κ1) is 22.9. The van der Waals surface area contributed by atoms with Crippen molar-refractivity contribution in [3.05, 3.63) is 54.1 Å². The standard InChI is InChI=1S/C20H27N3O3.HI/c1-3-21-20(22-12-7-13-26-17-8-5-4-6-9-17)23-15-16-14-18(25-2)10-11-19(16)24;/h4-6,8-11,14,24H,3,7,12-13,15H2,1-2H3,(H2,21,22,23);1H. The highest BCUT2D eigenvalue weighted by Crippen LogP contribution is 2.23. The third-order valence-corrected chi connectivity index (χ3v) is 3.66. The maximum absolute atomic E-state index is 9.95. The number of hydrogen-bond acceptors (Lipinski definition) is 4. The molecule has 6 nitrogen and oxygen atoms in total. The van der Waals surface area contributed by atoms with E-state index in [0.717, 1.165) is 25.3 Å². The van der Waals surface area contributed by atoms with E-state index in [0.29, 0.717) is 30.4 Å². The van der Waals surface area contributed by atoms with E-state index in [9.17, 15) is 5.11 Å². The van der Waals surface area contributed by atoms with Crippen molar-refractivity contribution < 1.29 is 14.6 Å².